The van der Waals surface area contributed by atoms with Crippen LogP contribution < -0.4 is 4.74 Å². The van der Waals surface area contributed by atoms with Gasteiger partial charge in [-0.25, -0.2) is 4.39 Å². The maximum absolute atomic E-state index is 13.7. The van der Waals surface area contributed by atoms with Crippen molar-refractivity contribution in [3.63, 3.8) is 0 Å². The number of rotatable bonds is 4. The summed E-state index contributed by atoms with van der Waals surface area (Å²) in [6, 6.07) is 20.9. The molecule has 5 aromatic rings. The molecule has 3 aromatic carbocycles. The van der Waals surface area contributed by atoms with Crippen molar-refractivity contribution in [1.82, 2.24) is 14.8 Å². The van der Waals surface area contributed by atoms with Crippen molar-refractivity contribution < 1.29 is 14.2 Å². The van der Waals surface area contributed by atoms with Crippen molar-refractivity contribution in [3.8, 4) is 52.2 Å². The Morgan fingerprint density at radius 1 is 0.969 bits per heavy atom. The van der Waals surface area contributed by atoms with E-state index < -0.39 is 0 Å². The average molecular weight is 423 g/mol. The van der Waals surface area contributed by atoms with Gasteiger partial charge < -0.3 is 9.84 Å². The lowest BCUT2D eigenvalue weighted by atomic mass is 10.0. The molecule has 0 amide bonds. The highest BCUT2D eigenvalue weighted by Gasteiger charge is 2.25. The zero-order valence-corrected chi connectivity index (χ0v) is 17.1. The Morgan fingerprint density at radius 2 is 1.62 bits per heavy atom. The highest BCUT2D eigenvalue weighted by Crippen LogP contribution is 2.43. The first-order valence-corrected chi connectivity index (χ1v) is 9.90. The number of nitrogens with zero attached hydrogens (tertiary/aromatic N) is 2. The van der Waals surface area contributed by atoms with Crippen molar-refractivity contribution in [3.05, 3.63) is 84.2 Å². The van der Waals surface area contributed by atoms with Crippen molar-refractivity contribution in [1.29, 1.82) is 0 Å². The molecule has 0 fully saturated rings. The van der Waals surface area contributed by atoms with Crippen LogP contribution >= 0.6 is 0 Å². The monoisotopic (exact) mass is 423 g/mol. The van der Waals surface area contributed by atoms with Gasteiger partial charge in [0.1, 0.15) is 22.8 Å². The van der Waals surface area contributed by atoms with Crippen molar-refractivity contribution in [2.45, 2.75) is 0 Å². The molecule has 0 radical (unpaired) electrons. The van der Waals surface area contributed by atoms with E-state index in [1.165, 1.54) is 12.1 Å². The normalized spacial score (nSPS) is 10.9. The Hall–Kier alpha value is -4.50. The van der Waals surface area contributed by atoms with Gasteiger partial charge in [0.05, 0.1) is 18.2 Å². The molecule has 32 heavy (non-hydrogen) atoms. The number of methoxy groups -OCH3 is 1. The summed E-state index contributed by atoms with van der Waals surface area (Å²) in [4.78, 5) is 0. The van der Waals surface area contributed by atoms with E-state index in [4.69, 9.17) is 11.2 Å². The summed E-state index contributed by atoms with van der Waals surface area (Å²) in [5.41, 5.74) is 4.85. The summed E-state index contributed by atoms with van der Waals surface area (Å²) in [5, 5.41) is 19.3. The van der Waals surface area contributed by atoms with E-state index in [1.54, 1.807) is 35.9 Å². The number of halogens is 1. The Balaban J connectivity index is 1.82. The molecule has 0 aliphatic heterocycles. The van der Waals surface area contributed by atoms with Crippen molar-refractivity contribution >= 4 is 10.9 Å². The van der Waals surface area contributed by atoms with Crippen LogP contribution in [0.1, 0.15) is 5.56 Å². The molecule has 6 heteroatoms. The van der Waals surface area contributed by atoms with Gasteiger partial charge in [-0.05, 0) is 78.4 Å². The first-order chi connectivity index (χ1) is 15.6. The molecule has 156 valence electrons. The number of nitrogens with one attached hydrogen (secondary N) is 1. The minimum Gasteiger partial charge on any atom is -0.497 e. The second kappa shape index (κ2) is 7.64. The SMILES string of the molecule is C#Cc1ccc(-n2c(O)c3[nH]nc(-c4ccc(OC)cc4)c3c2-c2ccc(F)cc2)cc1. The zero-order valence-electron chi connectivity index (χ0n) is 17.1. The largest absolute Gasteiger partial charge is 0.497 e. The number of aromatic hydroxyl groups is 1. The molecule has 0 aliphatic rings. The lowest BCUT2D eigenvalue weighted by molar-refractivity contribution is 0.415. The minimum absolute atomic E-state index is 0.0000410. The van der Waals surface area contributed by atoms with E-state index in [9.17, 15) is 9.50 Å². The zero-order chi connectivity index (χ0) is 22.2. The van der Waals surface area contributed by atoms with Crippen LogP contribution in [0.25, 0.3) is 39.1 Å². The summed E-state index contributed by atoms with van der Waals surface area (Å²) < 4.78 is 20.6. The molecule has 0 unspecified atom stereocenters. The number of hydrogen-bond acceptors (Lipinski definition) is 3. The maximum atomic E-state index is 13.7. The molecular formula is C26H18FN3O2. The van der Waals surface area contributed by atoms with Gasteiger partial charge in [-0.15, -0.1) is 6.42 Å². The van der Waals surface area contributed by atoms with Crippen LogP contribution in [0.4, 0.5) is 4.39 Å². The molecule has 0 bridgehead atoms. The van der Waals surface area contributed by atoms with E-state index in [0.29, 0.717) is 22.6 Å². The quantitative estimate of drug-likeness (QED) is 0.374. The first kappa shape index (κ1) is 19.5. The van der Waals surface area contributed by atoms with Gasteiger partial charge in [-0.2, -0.15) is 5.10 Å². The van der Waals surface area contributed by atoms with Crippen LogP contribution in [0, 0.1) is 18.2 Å². The topological polar surface area (TPSA) is 63.1 Å². The Labute approximate surface area is 183 Å². The van der Waals surface area contributed by atoms with Crippen molar-refractivity contribution in [2.24, 2.45) is 0 Å². The first-order valence-electron chi connectivity index (χ1n) is 9.90. The van der Waals surface area contributed by atoms with Crippen LogP contribution in [0.3, 0.4) is 0 Å². The Bertz CT molecular complexity index is 1460. The number of fused-ring (bicyclic) bond motifs is 1. The third kappa shape index (κ3) is 3.08. The number of benzene rings is 3. The van der Waals surface area contributed by atoms with Crippen LogP contribution in [0.2, 0.25) is 0 Å². The highest BCUT2D eigenvalue weighted by molar-refractivity contribution is 6.07. The molecule has 2 N–H and O–H groups in total. The van der Waals surface area contributed by atoms with Crippen LogP contribution in [-0.4, -0.2) is 27.0 Å². The fourth-order valence-corrected chi connectivity index (χ4v) is 3.86. The molecule has 0 saturated heterocycles. The van der Waals surface area contributed by atoms with E-state index >= 15 is 0 Å². The number of aromatic nitrogens is 3. The van der Waals surface area contributed by atoms with E-state index in [2.05, 4.69) is 16.1 Å². The molecule has 0 spiro atoms. The third-order valence-corrected chi connectivity index (χ3v) is 5.44. The molecule has 0 aliphatic carbocycles. The van der Waals surface area contributed by atoms with Crippen LogP contribution in [0.5, 0.6) is 11.6 Å². The van der Waals surface area contributed by atoms with Gasteiger partial charge in [0.25, 0.3) is 0 Å². The van der Waals surface area contributed by atoms with Gasteiger partial charge >= 0.3 is 0 Å². The van der Waals surface area contributed by atoms with Gasteiger partial charge in [-0.3, -0.25) is 9.67 Å². The smallest absolute Gasteiger partial charge is 0.222 e. The number of ether oxygens (including phenoxy) is 1. The summed E-state index contributed by atoms with van der Waals surface area (Å²) in [6.45, 7) is 0. The molecule has 0 saturated carbocycles. The second-order valence-electron chi connectivity index (χ2n) is 7.26. The predicted octanol–water partition coefficient (Wildman–Crippen LogP) is 5.52. The Morgan fingerprint density at radius 3 is 2.25 bits per heavy atom. The summed E-state index contributed by atoms with van der Waals surface area (Å²) in [5.74, 6) is 2.98. The van der Waals surface area contributed by atoms with Gasteiger partial charge in [0.2, 0.25) is 5.88 Å². The summed E-state index contributed by atoms with van der Waals surface area (Å²) in [6.07, 6.45) is 5.49. The molecule has 2 heterocycles. The predicted molar refractivity (Wildman–Crippen MR) is 122 cm³/mol. The van der Waals surface area contributed by atoms with Gasteiger partial charge in [0.15, 0.2) is 0 Å². The standard InChI is InChI=1S/C26H18FN3O2/c1-3-16-4-12-20(13-5-16)30-25(18-6-10-19(27)11-7-18)22-23(28-29-24(22)26(30)31)17-8-14-21(32-2)15-9-17/h1,4-15,29,31H,2H3. The lowest BCUT2D eigenvalue weighted by Crippen LogP contribution is -1.98. The van der Waals surface area contributed by atoms with Crippen LogP contribution in [0.15, 0.2) is 72.8 Å². The number of terminal acetylenes is 1. The molecular weight excluding hydrogens is 405 g/mol. The second-order valence-corrected chi connectivity index (χ2v) is 7.26. The molecule has 2 aromatic heterocycles. The molecule has 5 rings (SSSR count). The molecule has 5 nitrogen and oxygen atoms in total. The van der Waals surface area contributed by atoms with Crippen molar-refractivity contribution in [2.75, 3.05) is 7.11 Å². The van der Waals surface area contributed by atoms with E-state index in [1.807, 2.05) is 36.4 Å². The number of aromatic amines is 1. The third-order valence-electron chi connectivity index (χ3n) is 5.44. The fraction of sp³-hybridized carbons (Fsp3) is 0.0385. The van der Waals surface area contributed by atoms with Gasteiger partial charge in [0, 0.05) is 16.8 Å². The number of hydrogen-bond donors (Lipinski definition) is 2. The van der Waals surface area contributed by atoms with Crippen LogP contribution in [-0.2, 0) is 0 Å². The van der Waals surface area contributed by atoms with E-state index in [0.717, 1.165) is 27.8 Å². The summed E-state index contributed by atoms with van der Waals surface area (Å²) in [7, 11) is 1.61. The highest BCUT2D eigenvalue weighted by atomic mass is 19.1. The lowest BCUT2D eigenvalue weighted by Gasteiger charge is -2.12. The summed E-state index contributed by atoms with van der Waals surface area (Å²) >= 11 is 0. The average Bonchev–Trinajstić information content (AvgIpc) is 3.39. The number of H-pyrrole nitrogens is 1. The van der Waals surface area contributed by atoms with E-state index in [-0.39, 0.29) is 11.7 Å². The minimum atomic E-state index is -0.340. The van der Waals surface area contributed by atoms with Gasteiger partial charge in [-0.1, -0.05) is 5.92 Å². The maximum Gasteiger partial charge on any atom is 0.222 e. The fourth-order valence-electron chi connectivity index (χ4n) is 3.86. The molecule has 0 atom stereocenters. The Kier molecular flexibility index (Phi) is 4.65.